The molecule has 0 aliphatic heterocycles. The summed E-state index contributed by atoms with van der Waals surface area (Å²) in [5.41, 5.74) is 0.419. The van der Waals surface area contributed by atoms with E-state index < -0.39 is 29.8 Å². The summed E-state index contributed by atoms with van der Waals surface area (Å²) >= 11 is 6.15. The van der Waals surface area contributed by atoms with Crippen LogP contribution in [0.3, 0.4) is 0 Å². The number of hydrogen-bond acceptors (Lipinski definition) is 3. The molecular formula is C18H17ClF3NO2. The number of esters is 1. The summed E-state index contributed by atoms with van der Waals surface area (Å²) in [4.78, 5) is 12.1. The van der Waals surface area contributed by atoms with Crippen LogP contribution in [-0.2, 0) is 15.7 Å². The molecule has 0 aromatic heterocycles. The molecule has 1 N–H and O–H groups in total. The maximum Gasteiger partial charge on any atom is 0.416 e. The third-order valence-corrected chi connectivity index (χ3v) is 4.15. The van der Waals surface area contributed by atoms with Crippen molar-refractivity contribution in [3.05, 3.63) is 70.2 Å². The highest BCUT2D eigenvalue weighted by Gasteiger charge is 2.30. The van der Waals surface area contributed by atoms with Crippen molar-refractivity contribution >= 4 is 17.6 Å². The molecule has 0 heterocycles. The topological polar surface area (TPSA) is 38.3 Å². The van der Waals surface area contributed by atoms with Gasteiger partial charge in [0.1, 0.15) is 6.04 Å². The summed E-state index contributed by atoms with van der Waals surface area (Å²) in [6.45, 7) is 1.75. The first kappa shape index (κ1) is 19.3. The van der Waals surface area contributed by atoms with E-state index in [2.05, 4.69) is 5.32 Å². The van der Waals surface area contributed by atoms with Gasteiger partial charge >= 0.3 is 12.1 Å². The number of alkyl halides is 3. The van der Waals surface area contributed by atoms with Crippen molar-refractivity contribution in [2.45, 2.75) is 25.2 Å². The van der Waals surface area contributed by atoms with E-state index in [0.717, 1.165) is 12.1 Å². The number of carbonyl (C=O) groups excluding carboxylic acids is 1. The van der Waals surface area contributed by atoms with E-state index in [1.807, 2.05) is 0 Å². The summed E-state index contributed by atoms with van der Waals surface area (Å²) < 4.78 is 42.8. The number of ether oxygens (including phenoxy) is 1. The lowest BCUT2D eigenvalue weighted by atomic mass is 10.0. The summed E-state index contributed by atoms with van der Waals surface area (Å²) in [5, 5.41) is 3.45. The molecular weight excluding hydrogens is 355 g/mol. The maximum absolute atomic E-state index is 12.7. The lowest BCUT2D eigenvalue weighted by Gasteiger charge is -2.23. The Morgan fingerprint density at radius 2 is 1.72 bits per heavy atom. The Morgan fingerprint density at radius 1 is 1.12 bits per heavy atom. The third kappa shape index (κ3) is 4.74. The van der Waals surface area contributed by atoms with Crippen LogP contribution in [0, 0.1) is 0 Å². The molecule has 0 saturated carbocycles. The van der Waals surface area contributed by atoms with Crippen LogP contribution in [-0.4, -0.2) is 13.1 Å². The Labute approximate surface area is 148 Å². The van der Waals surface area contributed by atoms with Crippen molar-refractivity contribution < 1.29 is 22.7 Å². The number of rotatable bonds is 5. The van der Waals surface area contributed by atoms with E-state index >= 15 is 0 Å². The van der Waals surface area contributed by atoms with Gasteiger partial charge in [-0.2, -0.15) is 13.2 Å². The monoisotopic (exact) mass is 371 g/mol. The van der Waals surface area contributed by atoms with Crippen LogP contribution >= 0.6 is 11.6 Å². The van der Waals surface area contributed by atoms with Crippen LogP contribution in [0.15, 0.2) is 48.5 Å². The smallest absolute Gasteiger partial charge is 0.416 e. The number of methoxy groups -OCH3 is 1. The summed E-state index contributed by atoms with van der Waals surface area (Å²) in [6, 6.07) is 10.3. The van der Waals surface area contributed by atoms with Gasteiger partial charge in [-0.1, -0.05) is 41.9 Å². The van der Waals surface area contributed by atoms with Crippen molar-refractivity contribution in [3.8, 4) is 0 Å². The van der Waals surface area contributed by atoms with Crippen molar-refractivity contribution in [1.82, 2.24) is 5.32 Å². The summed E-state index contributed by atoms with van der Waals surface area (Å²) in [6.07, 6.45) is -4.39. The Kier molecular flexibility index (Phi) is 6.08. The van der Waals surface area contributed by atoms with Gasteiger partial charge in [0.05, 0.1) is 12.7 Å². The second-order valence-electron chi connectivity index (χ2n) is 5.49. The van der Waals surface area contributed by atoms with Crippen molar-refractivity contribution in [3.63, 3.8) is 0 Å². The summed E-state index contributed by atoms with van der Waals surface area (Å²) in [7, 11) is 1.26. The molecule has 0 spiro atoms. The van der Waals surface area contributed by atoms with Gasteiger partial charge in [0.25, 0.3) is 0 Å². The molecule has 2 unspecified atom stereocenters. The highest BCUT2D eigenvalue weighted by Crippen LogP contribution is 2.31. The van der Waals surface area contributed by atoms with E-state index in [4.69, 9.17) is 16.3 Å². The number of hydrogen-bond donors (Lipinski definition) is 1. The molecule has 0 aliphatic carbocycles. The lowest BCUT2D eigenvalue weighted by Crippen LogP contribution is -2.32. The molecule has 0 fully saturated rings. The van der Waals surface area contributed by atoms with E-state index in [0.29, 0.717) is 16.1 Å². The molecule has 2 atom stereocenters. The predicted molar refractivity (Wildman–Crippen MR) is 89.2 cm³/mol. The van der Waals surface area contributed by atoms with Gasteiger partial charge in [0.2, 0.25) is 0 Å². The minimum absolute atomic E-state index is 0.394. The Morgan fingerprint density at radius 3 is 2.24 bits per heavy atom. The zero-order valence-electron chi connectivity index (χ0n) is 13.6. The third-order valence-electron chi connectivity index (χ3n) is 3.81. The number of halogens is 4. The van der Waals surface area contributed by atoms with E-state index in [1.54, 1.807) is 31.2 Å². The first-order valence-electron chi connectivity index (χ1n) is 7.49. The highest BCUT2D eigenvalue weighted by atomic mass is 35.5. The average Bonchev–Trinajstić information content (AvgIpc) is 2.59. The Hall–Kier alpha value is -2.05. The van der Waals surface area contributed by atoms with Gasteiger partial charge in [0.15, 0.2) is 0 Å². The van der Waals surface area contributed by atoms with Crippen molar-refractivity contribution in [1.29, 1.82) is 0 Å². The first-order chi connectivity index (χ1) is 11.7. The largest absolute Gasteiger partial charge is 0.468 e. The molecule has 0 amide bonds. The van der Waals surface area contributed by atoms with Gasteiger partial charge in [-0.3, -0.25) is 5.32 Å². The lowest BCUT2D eigenvalue weighted by molar-refractivity contribution is -0.143. The Balaban J connectivity index is 2.24. The molecule has 0 radical (unpaired) electrons. The second-order valence-corrected chi connectivity index (χ2v) is 5.89. The quantitative estimate of drug-likeness (QED) is 0.758. The predicted octanol–water partition coefficient (Wildman–Crippen LogP) is 4.92. The summed E-state index contributed by atoms with van der Waals surface area (Å²) in [5.74, 6) is -0.535. The van der Waals surface area contributed by atoms with Gasteiger partial charge < -0.3 is 4.74 Å². The van der Waals surface area contributed by atoms with E-state index in [-0.39, 0.29) is 0 Å². The van der Waals surface area contributed by atoms with Gasteiger partial charge in [-0.05, 0) is 36.2 Å². The molecule has 25 heavy (non-hydrogen) atoms. The fraction of sp³-hybridized carbons (Fsp3) is 0.278. The van der Waals surface area contributed by atoms with Gasteiger partial charge in [0, 0.05) is 11.1 Å². The molecule has 134 valence electrons. The van der Waals surface area contributed by atoms with Gasteiger partial charge in [-0.25, -0.2) is 4.79 Å². The van der Waals surface area contributed by atoms with Crippen LogP contribution < -0.4 is 5.32 Å². The first-order valence-corrected chi connectivity index (χ1v) is 7.87. The molecule has 0 bridgehead atoms. The zero-order chi connectivity index (χ0) is 18.6. The normalized spacial score (nSPS) is 14.0. The molecule has 2 aromatic carbocycles. The molecule has 0 saturated heterocycles. The highest BCUT2D eigenvalue weighted by molar-refractivity contribution is 6.31. The standard InChI is InChI=1S/C18H17ClF3NO2/c1-11(12-7-9-13(10-8-12)18(20,21)22)23-16(17(24)25-2)14-5-3-4-6-15(14)19/h3-11,16,23H,1-2H3. The average molecular weight is 372 g/mol. The van der Waals surface area contributed by atoms with Crippen LogP contribution in [0.5, 0.6) is 0 Å². The van der Waals surface area contributed by atoms with Crippen LogP contribution in [0.25, 0.3) is 0 Å². The fourth-order valence-electron chi connectivity index (χ4n) is 2.42. The van der Waals surface area contributed by atoms with E-state index in [1.165, 1.54) is 19.2 Å². The number of carbonyl (C=O) groups is 1. The van der Waals surface area contributed by atoms with Crippen molar-refractivity contribution in [2.24, 2.45) is 0 Å². The second kappa shape index (κ2) is 7.89. The van der Waals surface area contributed by atoms with Crippen molar-refractivity contribution in [2.75, 3.05) is 7.11 Å². The Bertz CT molecular complexity index is 732. The maximum atomic E-state index is 12.7. The van der Waals surface area contributed by atoms with Crippen LogP contribution in [0.1, 0.15) is 35.7 Å². The fourth-order valence-corrected chi connectivity index (χ4v) is 2.66. The minimum atomic E-state index is -4.39. The molecule has 7 heteroatoms. The van der Waals surface area contributed by atoms with Crippen LogP contribution in [0.4, 0.5) is 13.2 Å². The SMILES string of the molecule is COC(=O)C(NC(C)c1ccc(C(F)(F)F)cc1)c1ccccc1Cl. The molecule has 2 rings (SSSR count). The van der Waals surface area contributed by atoms with E-state index in [9.17, 15) is 18.0 Å². The minimum Gasteiger partial charge on any atom is -0.468 e. The molecule has 2 aromatic rings. The molecule has 0 aliphatic rings. The molecule has 3 nitrogen and oxygen atoms in total. The zero-order valence-corrected chi connectivity index (χ0v) is 14.4. The number of benzene rings is 2. The van der Waals surface area contributed by atoms with Crippen LogP contribution in [0.2, 0.25) is 5.02 Å². The number of nitrogens with one attached hydrogen (secondary N) is 1. The van der Waals surface area contributed by atoms with Gasteiger partial charge in [-0.15, -0.1) is 0 Å².